The van der Waals surface area contributed by atoms with Crippen LogP contribution >= 0.6 is 0 Å². The van der Waals surface area contributed by atoms with Crippen LogP contribution in [0.2, 0.25) is 0 Å². The topological polar surface area (TPSA) is 118 Å². The average molecular weight is 421 g/mol. The molecule has 0 aliphatic rings. The van der Waals surface area contributed by atoms with Crippen LogP contribution in [-0.2, 0) is 11.2 Å². The number of aromatic nitrogens is 2. The number of carbonyl (C=O) groups is 1. The normalized spacial score (nSPS) is 10.7. The second-order valence-corrected chi connectivity index (χ2v) is 7.16. The molecule has 1 aromatic heterocycles. The van der Waals surface area contributed by atoms with E-state index in [9.17, 15) is 10.1 Å². The lowest BCUT2D eigenvalue weighted by Gasteiger charge is -2.11. The van der Waals surface area contributed by atoms with E-state index in [0.29, 0.717) is 46.9 Å². The molecule has 1 heterocycles. The van der Waals surface area contributed by atoms with E-state index in [1.54, 1.807) is 25.3 Å². The number of hydrogen-bond donors (Lipinski definition) is 1. The third kappa shape index (κ3) is 5.20. The minimum Gasteiger partial charge on any atom is -0.496 e. The van der Waals surface area contributed by atoms with E-state index in [1.807, 2.05) is 32.0 Å². The molecule has 1 N–H and O–H groups in total. The molecule has 0 saturated heterocycles. The molecule has 0 aliphatic carbocycles. The van der Waals surface area contributed by atoms with Crippen LogP contribution < -0.4 is 9.47 Å². The van der Waals surface area contributed by atoms with Crippen LogP contribution in [0.5, 0.6) is 11.5 Å². The van der Waals surface area contributed by atoms with Crippen molar-refractivity contribution in [2.24, 2.45) is 0 Å². The molecule has 0 unspecified atom stereocenters. The van der Waals surface area contributed by atoms with E-state index in [2.05, 4.69) is 16.2 Å². The molecule has 0 aliphatic heterocycles. The fourth-order valence-electron chi connectivity index (χ4n) is 3.19. The molecule has 0 bridgehead atoms. The van der Waals surface area contributed by atoms with Gasteiger partial charge in [-0.3, -0.25) is 4.79 Å². The molecule has 0 spiro atoms. The van der Waals surface area contributed by atoms with Gasteiger partial charge in [0.15, 0.2) is 0 Å². The maximum absolute atomic E-state index is 10.8. The first-order valence-corrected chi connectivity index (χ1v) is 9.85. The van der Waals surface area contributed by atoms with Crippen LogP contribution in [0, 0.1) is 11.3 Å². The number of methoxy groups -OCH3 is 1. The first-order valence-electron chi connectivity index (χ1n) is 9.85. The predicted octanol–water partition coefficient (Wildman–Crippen LogP) is 4.48. The van der Waals surface area contributed by atoms with E-state index in [1.165, 1.54) is 0 Å². The number of carboxylic acid groups (broad SMARTS) is 1. The second kappa shape index (κ2) is 9.76. The number of para-hydroxylation sites is 1. The van der Waals surface area contributed by atoms with Gasteiger partial charge in [-0.25, -0.2) is 0 Å². The minimum atomic E-state index is -0.834. The fraction of sp³-hybridized carbons (Fsp3) is 0.304. The third-order valence-electron chi connectivity index (χ3n) is 4.51. The van der Waals surface area contributed by atoms with Crippen molar-refractivity contribution in [1.29, 1.82) is 5.26 Å². The molecular weight excluding hydrogens is 398 g/mol. The van der Waals surface area contributed by atoms with E-state index < -0.39 is 5.97 Å². The average Bonchev–Trinajstić information content (AvgIpc) is 3.23. The molecule has 8 heteroatoms. The standard InChI is InChI=1S/C23H23N3O5/c1-14(2)30-19-11-10-16(12-17(19)13-24)23-25-22(26-31-23)18-8-4-6-15(21(18)29-3)7-5-9-20(27)28/h4,6,8,10-12,14H,5,7,9H2,1-3H3,(H,27,28). The number of aryl methyl sites for hydroxylation is 1. The van der Waals surface area contributed by atoms with Gasteiger partial charge in [-0.05, 0) is 56.5 Å². The smallest absolute Gasteiger partial charge is 0.303 e. The van der Waals surface area contributed by atoms with Crippen molar-refractivity contribution < 1.29 is 23.9 Å². The summed E-state index contributed by atoms with van der Waals surface area (Å²) in [7, 11) is 1.55. The van der Waals surface area contributed by atoms with Crippen LogP contribution in [0.3, 0.4) is 0 Å². The van der Waals surface area contributed by atoms with Crippen molar-refractivity contribution in [3.05, 3.63) is 47.5 Å². The maximum atomic E-state index is 10.8. The Kier molecular flexibility index (Phi) is 6.88. The Labute approximate surface area is 180 Å². The monoisotopic (exact) mass is 421 g/mol. The number of carboxylic acids is 1. The van der Waals surface area contributed by atoms with Gasteiger partial charge >= 0.3 is 5.97 Å². The van der Waals surface area contributed by atoms with Crippen molar-refractivity contribution in [3.63, 3.8) is 0 Å². The Bertz CT molecular complexity index is 1110. The Morgan fingerprint density at radius 3 is 2.77 bits per heavy atom. The highest BCUT2D eigenvalue weighted by Gasteiger charge is 2.18. The quantitative estimate of drug-likeness (QED) is 0.537. The molecule has 0 fully saturated rings. The van der Waals surface area contributed by atoms with E-state index in [0.717, 1.165) is 5.56 Å². The molecule has 160 valence electrons. The molecule has 8 nitrogen and oxygen atoms in total. The van der Waals surface area contributed by atoms with Crippen molar-refractivity contribution in [2.45, 2.75) is 39.2 Å². The lowest BCUT2D eigenvalue weighted by Crippen LogP contribution is -2.06. The van der Waals surface area contributed by atoms with Gasteiger partial charge in [0, 0.05) is 12.0 Å². The van der Waals surface area contributed by atoms with Gasteiger partial charge in [-0.1, -0.05) is 17.3 Å². The highest BCUT2D eigenvalue weighted by Crippen LogP contribution is 2.34. The van der Waals surface area contributed by atoms with Gasteiger partial charge in [-0.2, -0.15) is 10.2 Å². The second-order valence-electron chi connectivity index (χ2n) is 7.16. The summed E-state index contributed by atoms with van der Waals surface area (Å²) in [5, 5.41) is 22.4. The SMILES string of the molecule is COc1c(CCCC(=O)O)cccc1-c1noc(-c2ccc(OC(C)C)c(C#N)c2)n1. The first-order chi connectivity index (χ1) is 14.9. The Balaban J connectivity index is 1.90. The van der Waals surface area contributed by atoms with E-state index in [-0.39, 0.29) is 18.4 Å². The number of benzene rings is 2. The lowest BCUT2D eigenvalue weighted by molar-refractivity contribution is -0.137. The summed E-state index contributed by atoms with van der Waals surface area (Å²) in [6.07, 6.45) is 1.08. The van der Waals surface area contributed by atoms with Crippen LogP contribution in [0.15, 0.2) is 40.9 Å². The summed E-state index contributed by atoms with van der Waals surface area (Å²) < 4.78 is 16.6. The summed E-state index contributed by atoms with van der Waals surface area (Å²) in [5.41, 5.74) is 2.49. The van der Waals surface area contributed by atoms with Gasteiger partial charge < -0.3 is 19.1 Å². The lowest BCUT2D eigenvalue weighted by atomic mass is 10.0. The zero-order valence-corrected chi connectivity index (χ0v) is 17.6. The number of nitriles is 1. The number of rotatable bonds is 9. The highest BCUT2D eigenvalue weighted by molar-refractivity contribution is 5.69. The van der Waals surface area contributed by atoms with Crippen LogP contribution in [0.25, 0.3) is 22.8 Å². The summed E-state index contributed by atoms with van der Waals surface area (Å²) in [6, 6.07) is 12.8. The maximum Gasteiger partial charge on any atom is 0.303 e. The van der Waals surface area contributed by atoms with Crippen molar-refractivity contribution in [2.75, 3.05) is 7.11 Å². The predicted molar refractivity (Wildman–Crippen MR) is 113 cm³/mol. The number of aliphatic carboxylic acids is 1. The summed E-state index contributed by atoms with van der Waals surface area (Å²) in [5.74, 6) is 0.851. The van der Waals surface area contributed by atoms with Gasteiger partial charge in [-0.15, -0.1) is 0 Å². The molecule has 2 aromatic carbocycles. The summed E-state index contributed by atoms with van der Waals surface area (Å²) in [6.45, 7) is 3.78. The number of ether oxygens (including phenoxy) is 2. The molecule has 3 rings (SSSR count). The van der Waals surface area contributed by atoms with Gasteiger partial charge in [0.25, 0.3) is 5.89 Å². The van der Waals surface area contributed by atoms with Crippen LogP contribution in [0.1, 0.15) is 37.8 Å². The van der Waals surface area contributed by atoms with Crippen LogP contribution in [-0.4, -0.2) is 34.4 Å². The highest BCUT2D eigenvalue weighted by atomic mass is 16.5. The van der Waals surface area contributed by atoms with Crippen molar-refractivity contribution >= 4 is 5.97 Å². The zero-order valence-electron chi connectivity index (χ0n) is 17.6. The largest absolute Gasteiger partial charge is 0.496 e. The van der Waals surface area contributed by atoms with Gasteiger partial charge in [0.05, 0.1) is 24.3 Å². The Hall–Kier alpha value is -3.86. The molecule has 0 atom stereocenters. The molecular formula is C23H23N3O5. The molecule has 0 amide bonds. The number of nitrogens with zero attached hydrogens (tertiary/aromatic N) is 3. The van der Waals surface area contributed by atoms with E-state index >= 15 is 0 Å². The third-order valence-corrected chi connectivity index (χ3v) is 4.51. The van der Waals surface area contributed by atoms with Crippen LogP contribution in [0.4, 0.5) is 0 Å². The van der Waals surface area contributed by atoms with Gasteiger partial charge in [0.2, 0.25) is 5.82 Å². The van der Waals surface area contributed by atoms with Crippen molar-refractivity contribution in [1.82, 2.24) is 10.1 Å². The fourth-order valence-corrected chi connectivity index (χ4v) is 3.19. The molecule has 3 aromatic rings. The summed E-state index contributed by atoms with van der Waals surface area (Å²) >= 11 is 0. The zero-order chi connectivity index (χ0) is 22.4. The Morgan fingerprint density at radius 1 is 1.29 bits per heavy atom. The molecule has 0 radical (unpaired) electrons. The number of hydrogen-bond acceptors (Lipinski definition) is 7. The van der Waals surface area contributed by atoms with Gasteiger partial charge in [0.1, 0.15) is 17.6 Å². The first kappa shape index (κ1) is 21.8. The minimum absolute atomic E-state index is 0.0526. The molecule has 0 saturated carbocycles. The van der Waals surface area contributed by atoms with E-state index in [4.69, 9.17) is 19.1 Å². The van der Waals surface area contributed by atoms with Crippen molar-refractivity contribution in [3.8, 4) is 40.4 Å². The summed E-state index contributed by atoms with van der Waals surface area (Å²) in [4.78, 5) is 15.3. The Morgan fingerprint density at radius 2 is 2.10 bits per heavy atom. The molecule has 31 heavy (non-hydrogen) atoms.